The van der Waals surface area contributed by atoms with Gasteiger partial charge in [-0.2, -0.15) is 0 Å². The summed E-state index contributed by atoms with van der Waals surface area (Å²) in [4.78, 5) is 8.72. The van der Waals surface area contributed by atoms with E-state index in [1.54, 1.807) is 6.20 Å². The Morgan fingerprint density at radius 1 is 1.18 bits per heavy atom. The molecule has 6 heteroatoms. The van der Waals surface area contributed by atoms with E-state index in [9.17, 15) is 5.11 Å². The van der Waals surface area contributed by atoms with Crippen LogP contribution < -0.4 is 9.64 Å². The number of β-amino-alcohol motifs (C(OH)–C–C–N with tert-alkyl or cyclic N) is 1. The summed E-state index contributed by atoms with van der Waals surface area (Å²) in [5.41, 5.74) is 0.483. The highest BCUT2D eigenvalue weighted by Crippen LogP contribution is 2.26. The van der Waals surface area contributed by atoms with Gasteiger partial charge >= 0.3 is 0 Å². The highest BCUT2D eigenvalue weighted by molar-refractivity contribution is 5.40. The smallest absolute Gasteiger partial charge is 0.128 e. The standard InChI is InChI=1S/C22H31N3O3/c1-3-27-14-15-28-20-9-7-19(8-10-20)16-24(2)17-22(26)11-13-25(18-22)21-6-4-5-12-23-21/h4-10,12,26H,3,11,13-18H2,1-2H3/t22-/m1/s1. The third-order valence-corrected chi connectivity index (χ3v) is 4.95. The van der Waals surface area contributed by atoms with E-state index < -0.39 is 5.60 Å². The lowest BCUT2D eigenvalue weighted by Gasteiger charge is -2.29. The summed E-state index contributed by atoms with van der Waals surface area (Å²) < 4.78 is 10.9. The normalized spacial score (nSPS) is 19.4. The molecule has 2 aromatic rings. The van der Waals surface area contributed by atoms with Gasteiger partial charge in [0.15, 0.2) is 0 Å². The molecule has 0 spiro atoms. The number of aromatic nitrogens is 1. The van der Waals surface area contributed by atoms with Gasteiger partial charge in [0.25, 0.3) is 0 Å². The van der Waals surface area contributed by atoms with Crippen LogP contribution in [0.2, 0.25) is 0 Å². The summed E-state index contributed by atoms with van der Waals surface area (Å²) in [6, 6.07) is 14.0. The minimum Gasteiger partial charge on any atom is -0.491 e. The van der Waals surface area contributed by atoms with Crippen molar-refractivity contribution in [1.29, 1.82) is 0 Å². The lowest BCUT2D eigenvalue weighted by atomic mass is 10.0. The first-order valence-electron chi connectivity index (χ1n) is 9.94. The highest BCUT2D eigenvalue weighted by Gasteiger charge is 2.37. The molecule has 1 aliphatic heterocycles. The lowest BCUT2D eigenvalue weighted by molar-refractivity contribution is 0.0279. The van der Waals surface area contributed by atoms with Crippen molar-refractivity contribution in [3.05, 3.63) is 54.2 Å². The fourth-order valence-electron chi connectivity index (χ4n) is 3.65. The average molecular weight is 386 g/mol. The second kappa shape index (κ2) is 9.87. The Hall–Kier alpha value is -2.15. The maximum Gasteiger partial charge on any atom is 0.128 e. The number of anilines is 1. The zero-order valence-corrected chi connectivity index (χ0v) is 16.9. The van der Waals surface area contributed by atoms with E-state index in [1.807, 2.05) is 44.3 Å². The molecule has 1 N–H and O–H groups in total. The fraction of sp³-hybridized carbons (Fsp3) is 0.500. The molecule has 1 saturated heterocycles. The van der Waals surface area contributed by atoms with E-state index in [-0.39, 0.29) is 0 Å². The van der Waals surface area contributed by atoms with Gasteiger partial charge in [-0.1, -0.05) is 18.2 Å². The van der Waals surface area contributed by atoms with Crippen molar-refractivity contribution >= 4 is 5.82 Å². The molecule has 2 heterocycles. The molecular weight excluding hydrogens is 354 g/mol. The van der Waals surface area contributed by atoms with Gasteiger partial charge in [-0.05, 0) is 50.2 Å². The Bertz CT molecular complexity index is 711. The summed E-state index contributed by atoms with van der Waals surface area (Å²) >= 11 is 0. The topological polar surface area (TPSA) is 58.1 Å². The van der Waals surface area contributed by atoms with Crippen molar-refractivity contribution in [3.63, 3.8) is 0 Å². The second-order valence-electron chi connectivity index (χ2n) is 7.45. The first kappa shape index (κ1) is 20.6. The van der Waals surface area contributed by atoms with Gasteiger partial charge < -0.3 is 19.5 Å². The number of rotatable bonds is 10. The third kappa shape index (κ3) is 5.92. The first-order valence-corrected chi connectivity index (χ1v) is 9.94. The zero-order chi connectivity index (χ0) is 19.8. The van der Waals surface area contributed by atoms with Crippen LogP contribution in [0.5, 0.6) is 5.75 Å². The third-order valence-electron chi connectivity index (χ3n) is 4.95. The quantitative estimate of drug-likeness (QED) is 0.635. The molecule has 6 nitrogen and oxygen atoms in total. The second-order valence-corrected chi connectivity index (χ2v) is 7.45. The molecule has 1 aromatic heterocycles. The predicted octanol–water partition coefficient (Wildman–Crippen LogP) is 2.57. The largest absolute Gasteiger partial charge is 0.491 e. The molecule has 0 unspecified atom stereocenters. The molecule has 1 aromatic carbocycles. The van der Waals surface area contributed by atoms with Gasteiger partial charge in [-0.3, -0.25) is 4.90 Å². The number of benzene rings is 1. The van der Waals surface area contributed by atoms with Crippen LogP contribution in [0, 0.1) is 0 Å². The summed E-state index contributed by atoms with van der Waals surface area (Å²) in [6.45, 7) is 6.70. The molecule has 1 atom stereocenters. The van der Waals surface area contributed by atoms with Crippen LogP contribution >= 0.6 is 0 Å². The molecular formula is C22H31N3O3. The van der Waals surface area contributed by atoms with Crippen LogP contribution in [-0.4, -0.2) is 67.1 Å². The van der Waals surface area contributed by atoms with E-state index in [1.165, 1.54) is 5.56 Å². The number of hydrogen-bond donors (Lipinski definition) is 1. The van der Waals surface area contributed by atoms with Gasteiger partial charge in [0.05, 0.1) is 12.2 Å². The van der Waals surface area contributed by atoms with Gasteiger partial charge in [-0.25, -0.2) is 4.98 Å². The molecule has 0 saturated carbocycles. The van der Waals surface area contributed by atoms with Crippen LogP contribution in [0.1, 0.15) is 18.9 Å². The predicted molar refractivity (Wildman–Crippen MR) is 111 cm³/mol. The van der Waals surface area contributed by atoms with E-state index in [4.69, 9.17) is 9.47 Å². The number of ether oxygens (including phenoxy) is 2. The molecule has 28 heavy (non-hydrogen) atoms. The van der Waals surface area contributed by atoms with Gasteiger partial charge in [0, 0.05) is 39.0 Å². The molecule has 3 rings (SSSR count). The Balaban J connectivity index is 1.46. The number of nitrogens with zero attached hydrogens (tertiary/aromatic N) is 3. The van der Waals surface area contributed by atoms with Gasteiger partial charge in [0.2, 0.25) is 0 Å². The maximum absolute atomic E-state index is 11.0. The van der Waals surface area contributed by atoms with Crippen molar-refractivity contribution in [2.45, 2.75) is 25.5 Å². The van der Waals surface area contributed by atoms with Crippen molar-refractivity contribution in [1.82, 2.24) is 9.88 Å². The monoisotopic (exact) mass is 385 g/mol. The van der Waals surface area contributed by atoms with Crippen LogP contribution in [-0.2, 0) is 11.3 Å². The Labute approximate surface area is 167 Å². The molecule has 0 aliphatic carbocycles. The Kier molecular flexibility index (Phi) is 7.25. The fourth-order valence-corrected chi connectivity index (χ4v) is 3.65. The minimum absolute atomic E-state index is 0.562. The lowest BCUT2D eigenvalue weighted by Crippen LogP contribution is -2.43. The van der Waals surface area contributed by atoms with E-state index in [2.05, 4.69) is 26.9 Å². The van der Waals surface area contributed by atoms with E-state index in [0.717, 1.165) is 31.1 Å². The van der Waals surface area contributed by atoms with Gasteiger partial charge in [-0.15, -0.1) is 0 Å². The number of pyridine rings is 1. The van der Waals surface area contributed by atoms with Crippen molar-refractivity contribution in [3.8, 4) is 5.75 Å². The molecule has 0 bridgehead atoms. The van der Waals surface area contributed by atoms with Crippen LogP contribution in [0.3, 0.4) is 0 Å². The Morgan fingerprint density at radius 2 is 2.00 bits per heavy atom. The van der Waals surface area contributed by atoms with E-state index in [0.29, 0.717) is 32.9 Å². The van der Waals surface area contributed by atoms with Crippen molar-refractivity contribution < 1.29 is 14.6 Å². The maximum atomic E-state index is 11.0. The number of aliphatic hydroxyl groups is 1. The van der Waals surface area contributed by atoms with Crippen molar-refractivity contribution in [2.75, 3.05) is 51.4 Å². The SMILES string of the molecule is CCOCCOc1ccc(CN(C)C[C@]2(O)CCN(c3ccccn3)C2)cc1. The highest BCUT2D eigenvalue weighted by atomic mass is 16.5. The molecule has 1 aliphatic rings. The minimum atomic E-state index is -0.714. The Morgan fingerprint density at radius 3 is 2.71 bits per heavy atom. The van der Waals surface area contributed by atoms with Crippen molar-refractivity contribution in [2.24, 2.45) is 0 Å². The van der Waals surface area contributed by atoms with Crippen LogP contribution in [0.4, 0.5) is 5.82 Å². The molecule has 152 valence electrons. The molecule has 1 fully saturated rings. The summed E-state index contributed by atoms with van der Waals surface area (Å²) in [6.07, 6.45) is 2.55. The summed E-state index contributed by atoms with van der Waals surface area (Å²) in [5, 5.41) is 11.0. The average Bonchev–Trinajstić information content (AvgIpc) is 3.09. The summed E-state index contributed by atoms with van der Waals surface area (Å²) in [7, 11) is 2.05. The van der Waals surface area contributed by atoms with Crippen LogP contribution in [0.25, 0.3) is 0 Å². The number of hydrogen-bond acceptors (Lipinski definition) is 6. The summed E-state index contributed by atoms with van der Waals surface area (Å²) in [5.74, 6) is 1.78. The zero-order valence-electron chi connectivity index (χ0n) is 16.9. The number of likely N-dealkylation sites (N-methyl/N-ethyl adjacent to an activating group) is 1. The molecule has 0 amide bonds. The first-order chi connectivity index (χ1) is 13.6. The van der Waals surface area contributed by atoms with E-state index >= 15 is 0 Å². The van der Waals surface area contributed by atoms with Crippen LogP contribution in [0.15, 0.2) is 48.7 Å². The van der Waals surface area contributed by atoms with Gasteiger partial charge in [0.1, 0.15) is 18.2 Å². The molecule has 0 radical (unpaired) electrons.